The smallest absolute Gasteiger partial charge is 0.272 e. The quantitative estimate of drug-likeness (QED) is 0.536. The number of nitrogens with zero attached hydrogens (tertiary/aromatic N) is 2. The highest BCUT2D eigenvalue weighted by Crippen LogP contribution is 2.62. The maximum atomic E-state index is 12.7. The van der Waals surface area contributed by atoms with Gasteiger partial charge in [0.15, 0.2) is 0 Å². The van der Waals surface area contributed by atoms with Crippen molar-refractivity contribution in [1.82, 2.24) is 20.1 Å². The first-order chi connectivity index (χ1) is 15.0. The van der Waals surface area contributed by atoms with Crippen LogP contribution in [-0.4, -0.2) is 26.7 Å². The zero-order chi connectivity index (χ0) is 21.2. The lowest BCUT2D eigenvalue weighted by atomic mass is 9.49. The van der Waals surface area contributed by atoms with Crippen molar-refractivity contribution in [2.24, 2.45) is 12.5 Å². The number of H-pyrrole nitrogens is 1. The normalized spacial score (nSPS) is 24.8. The molecule has 2 saturated carbocycles. The van der Waals surface area contributed by atoms with E-state index in [0.717, 1.165) is 47.7 Å². The van der Waals surface area contributed by atoms with Gasteiger partial charge in [0, 0.05) is 41.7 Å². The van der Waals surface area contributed by atoms with E-state index in [4.69, 9.17) is 0 Å². The first-order valence-corrected chi connectivity index (χ1v) is 10.8. The van der Waals surface area contributed by atoms with Crippen LogP contribution in [0.15, 0.2) is 59.5 Å². The number of rotatable bonds is 3. The topological polar surface area (TPSA) is 79.8 Å². The van der Waals surface area contributed by atoms with Crippen LogP contribution in [-0.2, 0) is 7.05 Å². The Morgan fingerprint density at radius 3 is 2.68 bits per heavy atom. The summed E-state index contributed by atoms with van der Waals surface area (Å²) in [6.45, 7) is 0. The Hall–Kier alpha value is -3.41. The van der Waals surface area contributed by atoms with Crippen molar-refractivity contribution in [1.29, 1.82) is 0 Å². The minimum atomic E-state index is -0.131. The zero-order valence-electron chi connectivity index (χ0n) is 17.4. The van der Waals surface area contributed by atoms with Crippen molar-refractivity contribution in [3.63, 3.8) is 0 Å². The molecular formula is C25H24N4O2. The first kappa shape index (κ1) is 18.4. The minimum Gasteiger partial charge on any atom is -0.351 e. The Morgan fingerprint density at radius 2 is 1.87 bits per heavy atom. The lowest BCUT2D eigenvalue weighted by Crippen LogP contribution is -2.55. The van der Waals surface area contributed by atoms with Crippen LogP contribution >= 0.6 is 0 Å². The van der Waals surface area contributed by atoms with Crippen LogP contribution in [0.25, 0.3) is 21.7 Å². The number of carbonyl (C=O) groups is 1. The number of aromatic amines is 1. The Morgan fingerprint density at radius 1 is 1.10 bits per heavy atom. The van der Waals surface area contributed by atoms with Crippen molar-refractivity contribution in [2.75, 3.05) is 0 Å². The number of aryl methyl sites for hydroxylation is 1. The molecule has 2 aliphatic carbocycles. The van der Waals surface area contributed by atoms with Crippen molar-refractivity contribution in [3.05, 3.63) is 76.3 Å². The Kier molecular flexibility index (Phi) is 3.88. The lowest BCUT2D eigenvalue weighted by Gasteiger charge is -2.57. The van der Waals surface area contributed by atoms with Crippen LogP contribution in [0.3, 0.4) is 0 Å². The van der Waals surface area contributed by atoms with Gasteiger partial charge in [-0.2, -0.15) is 5.10 Å². The summed E-state index contributed by atoms with van der Waals surface area (Å²) in [7, 11) is 1.99. The number of aromatic nitrogens is 3. The van der Waals surface area contributed by atoms with E-state index in [1.165, 1.54) is 0 Å². The molecule has 2 fully saturated rings. The molecule has 2 aliphatic rings. The van der Waals surface area contributed by atoms with E-state index in [0.29, 0.717) is 22.3 Å². The molecule has 6 heteroatoms. The summed E-state index contributed by atoms with van der Waals surface area (Å²) in [5.41, 5.74) is 2.97. The number of hydrogen-bond acceptors (Lipinski definition) is 3. The second kappa shape index (κ2) is 6.54. The van der Waals surface area contributed by atoms with Crippen LogP contribution in [0.5, 0.6) is 0 Å². The largest absolute Gasteiger partial charge is 0.351 e. The molecule has 1 spiro atoms. The molecule has 0 bridgehead atoms. The minimum absolute atomic E-state index is 0.00659. The van der Waals surface area contributed by atoms with Gasteiger partial charge < -0.3 is 9.88 Å². The number of fused-ring (bicyclic) bond motifs is 2. The van der Waals surface area contributed by atoms with E-state index in [1.807, 2.05) is 60.3 Å². The fourth-order valence-corrected chi connectivity index (χ4v) is 5.72. The molecule has 4 aromatic rings. The Balaban J connectivity index is 1.11. The third-order valence-electron chi connectivity index (χ3n) is 7.32. The number of benzene rings is 2. The van der Waals surface area contributed by atoms with Gasteiger partial charge in [0.1, 0.15) is 0 Å². The van der Waals surface area contributed by atoms with Gasteiger partial charge in [-0.1, -0.05) is 24.3 Å². The third kappa shape index (κ3) is 2.89. The summed E-state index contributed by atoms with van der Waals surface area (Å²) in [6.07, 6.45) is 6.18. The second-order valence-corrected chi connectivity index (χ2v) is 9.37. The Bertz CT molecular complexity index is 1390. The third-order valence-corrected chi connectivity index (χ3v) is 7.32. The fourth-order valence-electron chi connectivity index (χ4n) is 5.72. The molecule has 31 heavy (non-hydrogen) atoms. The van der Waals surface area contributed by atoms with Gasteiger partial charge in [-0.25, -0.2) is 5.10 Å². The summed E-state index contributed by atoms with van der Waals surface area (Å²) in [6, 6.07) is 15.9. The second-order valence-electron chi connectivity index (χ2n) is 9.37. The molecular weight excluding hydrogens is 388 g/mol. The molecule has 0 radical (unpaired) electrons. The van der Waals surface area contributed by atoms with Crippen LogP contribution < -0.4 is 10.9 Å². The summed E-state index contributed by atoms with van der Waals surface area (Å²) in [5, 5.41) is 13.1. The first-order valence-electron chi connectivity index (χ1n) is 10.8. The summed E-state index contributed by atoms with van der Waals surface area (Å²) >= 11 is 0. The highest BCUT2D eigenvalue weighted by molar-refractivity contribution is 5.98. The van der Waals surface area contributed by atoms with E-state index in [2.05, 4.69) is 21.6 Å². The van der Waals surface area contributed by atoms with Crippen LogP contribution in [0.4, 0.5) is 0 Å². The zero-order valence-corrected chi connectivity index (χ0v) is 17.4. The molecule has 156 valence electrons. The number of hydrogen-bond donors (Lipinski definition) is 2. The number of nitrogens with one attached hydrogen (secondary N) is 2. The van der Waals surface area contributed by atoms with Gasteiger partial charge >= 0.3 is 0 Å². The molecule has 2 aromatic carbocycles. The van der Waals surface area contributed by atoms with Crippen molar-refractivity contribution in [3.8, 4) is 0 Å². The van der Waals surface area contributed by atoms with Crippen molar-refractivity contribution in [2.45, 2.75) is 37.6 Å². The fraction of sp³-hybridized carbons (Fsp3) is 0.320. The molecule has 2 N–H and O–H groups in total. The maximum absolute atomic E-state index is 12.7. The van der Waals surface area contributed by atoms with Gasteiger partial charge in [0.2, 0.25) is 0 Å². The number of carbonyl (C=O) groups excluding carboxylic acids is 1. The summed E-state index contributed by atoms with van der Waals surface area (Å²) < 4.78 is 2.04. The standard InChI is InChI=1S/C25H24N4O2/c1-29-9-8-15-6-7-16(10-21(15)29)23(30)26-18-13-25(14-18)11-17(12-25)22-19-4-2-3-5-20(19)24(31)28-27-22/h2-10,17-18H,11-14H2,1H3,(H,26,30)(H,28,31)/t17-,18-,25?. The highest BCUT2D eigenvalue weighted by Gasteiger charge is 2.54. The SMILES string of the molecule is Cn1ccc2ccc(C(=O)N[C@H]3CC4(C3)C[C@H](c3n[nH]c(=O)c5ccccc53)C4)cc21. The van der Waals surface area contributed by atoms with Gasteiger partial charge in [0.05, 0.1) is 11.1 Å². The van der Waals surface area contributed by atoms with Gasteiger partial charge in [-0.05, 0) is 60.7 Å². The Labute approximate surface area is 179 Å². The molecule has 0 aliphatic heterocycles. The molecule has 6 nitrogen and oxygen atoms in total. The van der Waals surface area contributed by atoms with Gasteiger partial charge in [-0.3, -0.25) is 9.59 Å². The lowest BCUT2D eigenvalue weighted by molar-refractivity contribution is -0.0196. The van der Waals surface area contributed by atoms with Gasteiger partial charge in [0.25, 0.3) is 11.5 Å². The summed E-state index contributed by atoms with van der Waals surface area (Å²) in [5.74, 6) is 0.380. The number of amides is 1. The highest BCUT2D eigenvalue weighted by atomic mass is 16.1. The predicted octanol–water partition coefficient (Wildman–Crippen LogP) is 3.87. The van der Waals surface area contributed by atoms with E-state index in [9.17, 15) is 9.59 Å². The van der Waals surface area contributed by atoms with Crippen LogP contribution in [0.2, 0.25) is 0 Å². The van der Waals surface area contributed by atoms with E-state index in [-0.39, 0.29) is 17.5 Å². The predicted molar refractivity (Wildman–Crippen MR) is 120 cm³/mol. The molecule has 0 unspecified atom stereocenters. The van der Waals surface area contributed by atoms with E-state index in [1.54, 1.807) is 0 Å². The van der Waals surface area contributed by atoms with Gasteiger partial charge in [-0.15, -0.1) is 0 Å². The monoisotopic (exact) mass is 412 g/mol. The van der Waals surface area contributed by atoms with Crippen molar-refractivity contribution < 1.29 is 4.79 Å². The maximum Gasteiger partial charge on any atom is 0.272 e. The average Bonchev–Trinajstić information content (AvgIpc) is 3.10. The molecule has 1 amide bonds. The van der Waals surface area contributed by atoms with Crippen LogP contribution in [0, 0.1) is 5.41 Å². The molecule has 0 saturated heterocycles. The van der Waals surface area contributed by atoms with E-state index < -0.39 is 0 Å². The summed E-state index contributed by atoms with van der Waals surface area (Å²) in [4.78, 5) is 24.8. The molecule has 6 rings (SSSR count). The molecule has 2 heterocycles. The average molecular weight is 412 g/mol. The van der Waals surface area contributed by atoms with E-state index >= 15 is 0 Å². The van der Waals surface area contributed by atoms with Crippen molar-refractivity contribution >= 4 is 27.6 Å². The molecule has 0 atom stereocenters. The molecule has 2 aromatic heterocycles. The van der Waals surface area contributed by atoms with Crippen LogP contribution in [0.1, 0.15) is 47.7 Å².